The molecule has 130 valence electrons. The van der Waals surface area contributed by atoms with Gasteiger partial charge in [-0.2, -0.15) is 0 Å². The second-order valence-corrected chi connectivity index (χ2v) is 7.86. The first-order chi connectivity index (χ1) is 12.8. The minimum Gasteiger partial charge on any atom is -0.396 e. The van der Waals surface area contributed by atoms with E-state index in [1.807, 2.05) is 54.7 Å². The van der Waals surface area contributed by atoms with Crippen LogP contribution in [-0.2, 0) is 0 Å². The van der Waals surface area contributed by atoms with Gasteiger partial charge in [0.25, 0.3) is 0 Å². The number of aliphatic hydroxyl groups is 1. The molecule has 2 N–H and O–H groups in total. The van der Waals surface area contributed by atoms with Crippen LogP contribution in [0.5, 0.6) is 0 Å². The highest BCUT2D eigenvalue weighted by atomic mass is 32.2. The van der Waals surface area contributed by atoms with Gasteiger partial charge in [0, 0.05) is 44.2 Å². The van der Waals surface area contributed by atoms with E-state index in [1.54, 1.807) is 18.0 Å². The maximum atomic E-state index is 12.9. The lowest BCUT2D eigenvalue weighted by molar-refractivity contribution is 0.322. The topological polar surface area (TPSA) is 66.0 Å². The Labute approximate surface area is 158 Å². The molecule has 26 heavy (non-hydrogen) atoms. The zero-order chi connectivity index (χ0) is 17.9. The van der Waals surface area contributed by atoms with Gasteiger partial charge in [-0.1, -0.05) is 42.1 Å². The summed E-state index contributed by atoms with van der Waals surface area (Å²) in [7, 11) is 0. The molecule has 2 aromatic carbocycles. The van der Waals surface area contributed by atoms with Crippen molar-refractivity contribution in [2.24, 2.45) is 0 Å². The highest BCUT2D eigenvalue weighted by Gasteiger charge is 2.14. The number of aromatic nitrogens is 2. The lowest BCUT2D eigenvalue weighted by atomic mass is 10.2. The van der Waals surface area contributed by atoms with Crippen LogP contribution in [0.25, 0.3) is 21.8 Å². The molecule has 4 rings (SSSR count). The Balaban J connectivity index is 1.86. The van der Waals surface area contributed by atoms with Crippen molar-refractivity contribution in [2.75, 3.05) is 12.4 Å². The van der Waals surface area contributed by atoms with E-state index >= 15 is 0 Å². The summed E-state index contributed by atoms with van der Waals surface area (Å²) >= 11 is 2.99. The highest BCUT2D eigenvalue weighted by molar-refractivity contribution is 8.02. The number of hydrogen-bond donors (Lipinski definition) is 2. The number of aliphatic hydroxyl groups excluding tert-OH is 1. The average molecular weight is 380 g/mol. The van der Waals surface area contributed by atoms with Crippen LogP contribution in [0.15, 0.2) is 80.4 Å². The van der Waals surface area contributed by atoms with Gasteiger partial charge in [-0.15, -0.1) is 11.8 Å². The van der Waals surface area contributed by atoms with E-state index in [1.165, 1.54) is 11.8 Å². The minimum absolute atomic E-state index is 0.0170. The van der Waals surface area contributed by atoms with Crippen LogP contribution in [0.3, 0.4) is 0 Å². The largest absolute Gasteiger partial charge is 0.396 e. The van der Waals surface area contributed by atoms with Crippen molar-refractivity contribution in [1.82, 2.24) is 9.97 Å². The number of aromatic amines is 1. The third-order valence-electron chi connectivity index (χ3n) is 4.01. The number of nitrogens with zero attached hydrogens (tertiary/aromatic N) is 1. The van der Waals surface area contributed by atoms with E-state index in [-0.39, 0.29) is 12.0 Å². The van der Waals surface area contributed by atoms with E-state index in [2.05, 4.69) is 9.97 Å². The van der Waals surface area contributed by atoms with Gasteiger partial charge in [0.05, 0.1) is 17.0 Å². The zero-order valence-electron chi connectivity index (χ0n) is 13.8. The smallest absolute Gasteiger partial charge is 0.203 e. The van der Waals surface area contributed by atoms with Gasteiger partial charge >= 0.3 is 0 Å². The van der Waals surface area contributed by atoms with E-state index in [4.69, 9.17) is 0 Å². The fraction of sp³-hybridized carbons (Fsp3) is 0.100. The molecule has 0 amide bonds. The van der Waals surface area contributed by atoms with Crippen molar-refractivity contribution >= 4 is 45.3 Å². The second kappa shape index (κ2) is 7.53. The molecule has 0 aliphatic rings. The Bertz CT molecular complexity index is 1140. The van der Waals surface area contributed by atoms with E-state index in [0.717, 1.165) is 26.2 Å². The monoisotopic (exact) mass is 380 g/mol. The van der Waals surface area contributed by atoms with Crippen LogP contribution in [0.1, 0.15) is 0 Å². The predicted molar refractivity (Wildman–Crippen MR) is 108 cm³/mol. The molecule has 0 spiro atoms. The number of H-pyrrole nitrogens is 1. The van der Waals surface area contributed by atoms with Crippen LogP contribution >= 0.6 is 23.5 Å². The number of rotatable bonds is 5. The molecule has 0 saturated heterocycles. The van der Waals surface area contributed by atoms with Gasteiger partial charge in [-0.05, 0) is 18.2 Å². The van der Waals surface area contributed by atoms with E-state index in [0.29, 0.717) is 16.0 Å². The first-order valence-electron chi connectivity index (χ1n) is 8.17. The van der Waals surface area contributed by atoms with Crippen molar-refractivity contribution in [1.29, 1.82) is 0 Å². The van der Waals surface area contributed by atoms with Crippen LogP contribution < -0.4 is 5.43 Å². The number of thioether (sulfide) groups is 1. The molecule has 0 unspecified atom stereocenters. The molecule has 4 aromatic rings. The van der Waals surface area contributed by atoms with Crippen molar-refractivity contribution in [2.45, 2.75) is 14.7 Å². The van der Waals surface area contributed by atoms with Crippen molar-refractivity contribution in [3.05, 3.63) is 71.1 Å². The van der Waals surface area contributed by atoms with Crippen LogP contribution in [0.4, 0.5) is 0 Å². The molecular weight excluding hydrogens is 364 g/mol. The summed E-state index contributed by atoms with van der Waals surface area (Å²) in [5, 5.41) is 10.9. The summed E-state index contributed by atoms with van der Waals surface area (Å²) in [4.78, 5) is 23.2. The number of hydrogen-bond acceptors (Lipinski definition) is 5. The fourth-order valence-electron chi connectivity index (χ4n) is 2.80. The summed E-state index contributed by atoms with van der Waals surface area (Å²) in [6.07, 6.45) is 3.59. The van der Waals surface area contributed by atoms with Gasteiger partial charge in [0.2, 0.25) is 5.43 Å². The summed E-state index contributed by atoms with van der Waals surface area (Å²) in [5.74, 6) is 0.585. The average Bonchev–Trinajstić information content (AvgIpc) is 2.69. The van der Waals surface area contributed by atoms with Crippen molar-refractivity contribution in [3.63, 3.8) is 0 Å². The normalized spacial score (nSPS) is 11.3. The molecular formula is C20H16N2O2S2. The number of pyridine rings is 2. The van der Waals surface area contributed by atoms with Gasteiger partial charge in [-0.3, -0.25) is 9.78 Å². The first-order valence-corrected chi connectivity index (χ1v) is 9.98. The first kappa shape index (κ1) is 17.1. The molecule has 4 nitrogen and oxygen atoms in total. The lowest BCUT2D eigenvalue weighted by Gasteiger charge is -2.11. The Morgan fingerprint density at radius 2 is 1.77 bits per heavy atom. The summed E-state index contributed by atoms with van der Waals surface area (Å²) < 4.78 is 0. The second-order valence-electron chi connectivity index (χ2n) is 5.67. The standard InChI is InChI=1S/C20H16N2O2S2/c23-9-10-25-18-12-22-16-8-4-2-6-14(16)20(18)26-17-11-21-15-7-3-1-5-13(15)19(17)24/h1-8,11-12,23H,9-10H2,(H,21,24). The Kier molecular flexibility index (Phi) is 4.97. The maximum absolute atomic E-state index is 12.9. The van der Waals surface area contributed by atoms with Gasteiger partial charge in [-0.25, -0.2) is 0 Å². The number of fused-ring (bicyclic) bond motifs is 2. The number of nitrogens with one attached hydrogen (secondary N) is 1. The number of benzene rings is 2. The molecule has 2 heterocycles. The van der Waals surface area contributed by atoms with E-state index < -0.39 is 0 Å². The Morgan fingerprint density at radius 3 is 2.62 bits per heavy atom. The third kappa shape index (κ3) is 3.23. The van der Waals surface area contributed by atoms with Gasteiger partial charge in [0.15, 0.2) is 0 Å². The van der Waals surface area contributed by atoms with Gasteiger partial charge < -0.3 is 10.1 Å². The lowest BCUT2D eigenvalue weighted by Crippen LogP contribution is -2.05. The molecule has 0 fully saturated rings. The summed E-state index contributed by atoms with van der Waals surface area (Å²) in [6.45, 7) is 0.0954. The molecule has 0 aliphatic carbocycles. The van der Waals surface area contributed by atoms with Crippen LogP contribution in [-0.4, -0.2) is 27.4 Å². The molecule has 0 radical (unpaired) electrons. The predicted octanol–water partition coefficient (Wildman–Crippen LogP) is 4.31. The van der Waals surface area contributed by atoms with E-state index in [9.17, 15) is 9.90 Å². The van der Waals surface area contributed by atoms with Crippen LogP contribution in [0, 0.1) is 0 Å². The maximum Gasteiger partial charge on any atom is 0.203 e. The van der Waals surface area contributed by atoms with Gasteiger partial charge in [0.1, 0.15) is 0 Å². The van der Waals surface area contributed by atoms with Crippen LogP contribution in [0.2, 0.25) is 0 Å². The van der Waals surface area contributed by atoms with Crippen molar-refractivity contribution < 1.29 is 5.11 Å². The fourth-order valence-corrected chi connectivity index (χ4v) is 4.75. The quantitative estimate of drug-likeness (QED) is 0.505. The third-order valence-corrected chi connectivity index (χ3v) is 6.31. The molecule has 0 atom stereocenters. The molecule has 0 aliphatic heterocycles. The SMILES string of the molecule is O=c1c(Sc2c(SCCO)cnc3ccccc23)c[nH]c2ccccc12. The number of para-hydroxylation sites is 2. The molecule has 2 aromatic heterocycles. The highest BCUT2D eigenvalue weighted by Crippen LogP contribution is 2.38. The van der Waals surface area contributed by atoms with Crippen molar-refractivity contribution in [3.8, 4) is 0 Å². The summed E-state index contributed by atoms with van der Waals surface area (Å²) in [5.41, 5.74) is 1.74. The molecule has 0 bridgehead atoms. The summed E-state index contributed by atoms with van der Waals surface area (Å²) in [6, 6.07) is 15.4. The minimum atomic E-state index is 0.0170. The Hall–Kier alpha value is -2.28. The Morgan fingerprint density at radius 1 is 1.00 bits per heavy atom. The zero-order valence-corrected chi connectivity index (χ0v) is 15.4. The molecule has 6 heteroatoms. The molecule has 0 saturated carbocycles.